The first-order chi connectivity index (χ1) is 7.24. The van der Waals surface area contributed by atoms with Crippen molar-refractivity contribution in [3.05, 3.63) is 37.1 Å². The van der Waals surface area contributed by atoms with Crippen molar-refractivity contribution in [2.24, 2.45) is 5.92 Å². The lowest BCUT2D eigenvalue weighted by atomic mass is 9.90. The van der Waals surface area contributed by atoms with Crippen LogP contribution < -0.4 is 0 Å². The molecule has 1 aliphatic carbocycles. The Balaban J connectivity index is 2.33. The fourth-order valence-electron chi connectivity index (χ4n) is 1.89. The van der Waals surface area contributed by atoms with Crippen LogP contribution in [0.3, 0.4) is 0 Å². The normalized spacial score (nSPS) is 20.1. The van der Waals surface area contributed by atoms with Gasteiger partial charge in [0, 0.05) is 5.92 Å². The van der Waals surface area contributed by atoms with Gasteiger partial charge in [0.05, 0.1) is 0 Å². The molecule has 0 aromatic carbocycles. The SMILES string of the molecule is C=C/C=C\C(=C)OC(S)C1CCCCC1. The van der Waals surface area contributed by atoms with E-state index in [1.807, 2.05) is 12.2 Å². The van der Waals surface area contributed by atoms with Gasteiger partial charge in [-0.3, -0.25) is 0 Å². The van der Waals surface area contributed by atoms with Gasteiger partial charge in [-0.25, -0.2) is 0 Å². The van der Waals surface area contributed by atoms with Gasteiger partial charge in [-0.05, 0) is 18.9 Å². The molecule has 0 aromatic heterocycles. The minimum atomic E-state index is -0.00716. The Morgan fingerprint density at radius 1 is 1.33 bits per heavy atom. The van der Waals surface area contributed by atoms with E-state index in [4.69, 9.17) is 4.74 Å². The molecule has 1 rings (SSSR count). The summed E-state index contributed by atoms with van der Waals surface area (Å²) in [6.45, 7) is 7.42. The highest BCUT2D eigenvalue weighted by Crippen LogP contribution is 2.30. The molecule has 1 saturated carbocycles. The first kappa shape index (κ1) is 12.4. The Hall–Kier alpha value is -0.630. The van der Waals surface area contributed by atoms with Crippen LogP contribution in [0.5, 0.6) is 0 Å². The van der Waals surface area contributed by atoms with Crippen molar-refractivity contribution in [3.63, 3.8) is 0 Å². The summed E-state index contributed by atoms with van der Waals surface area (Å²) in [4.78, 5) is 0. The predicted octanol–water partition coefficient (Wildman–Crippen LogP) is 4.10. The molecule has 1 nitrogen and oxygen atoms in total. The topological polar surface area (TPSA) is 9.23 Å². The molecule has 1 unspecified atom stereocenters. The minimum absolute atomic E-state index is 0.00716. The Kier molecular flexibility index (Phi) is 5.62. The van der Waals surface area contributed by atoms with Crippen molar-refractivity contribution in [2.45, 2.75) is 37.5 Å². The fraction of sp³-hybridized carbons (Fsp3) is 0.538. The number of rotatable bonds is 5. The maximum Gasteiger partial charge on any atom is 0.144 e. The number of thiol groups is 1. The zero-order valence-corrected chi connectivity index (χ0v) is 10.1. The lowest BCUT2D eigenvalue weighted by molar-refractivity contribution is 0.123. The third-order valence-corrected chi connectivity index (χ3v) is 3.27. The summed E-state index contributed by atoms with van der Waals surface area (Å²) in [5, 5.41) is 0. The third kappa shape index (κ3) is 4.61. The van der Waals surface area contributed by atoms with Crippen LogP contribution in [0, 0.1) is 5.92 Å². The molecule has 0 heterocycles. The highest BCUT2D eigenvalue weighted by atomic mass is 32.1. The molecule has 0 N–H and O–H groups in total. The summed E-state index contributed by atoms with van der Waals surface area (Å²) >= 11 is 4.49. The molecule has 0 spiro atoms. The zero-order chi connectivity index (χ0) is 11.1. The second-order valence-electron chi connectivity index (χ2n) is 3.97. The Bertz CT molecular complexity index is 239. The second kappa shape index (κ2) is 6.78. The van der Waals surface area contributed by atoms with Gasteiger partial charge in [0.25, 0.3) is 0 Å². The molecule has 1 fully saturated rings. The standard InChI is InChI=1S/C13H20OS/c1-3-4-8-11(2)14-13(15)12-9-6-5-7-10-12/h3-4,8,12-13,15H,1-2,5-7,9-10H2/b8-4-. The van der Waals surface area contributed by atoms with Gasteiger partial charge in [0.15, 0.2) is 0 Å². The molecule has 84 valence electrons. The van der Waals surface area contributed by atoms with E-state index in [0.717, 1.165) is 0 Å². The molecule has 0 saturated heterocycles. The predicted molar refractivity (Wildman–Crippen MR) is 68.9 cm³/mol. The van der Waals surface area contributed by atoms with Crippen LogP contribution in [-0.4, -0.2) is 5.44 Å². The number of ether oxygens (including phenoxy) is 1. The van der Waals surface area contributed by atoms with Gasteiger partial charge < -0.3 is 4.74 Å². The maximum atomic E-state index is 5.63. The molecule has 0 amide bonds. The maximum absolute atomic E-state index is 5.63. The molecule has 2 heteroatoms. The van der Waals surface area contributed by atoms with Crippen molar-refractivity contribution in [1.82, 2.24) is 0 Å². The average molecular weight is 224 g/mol. The summed E-state index contributed by atoms with van der Waals surface area (Å²) in [7, 11) is 0. The first-order valence-corrected chi connectivity index (χ1v) is 6.08. The molecule has 0 aliphatic heterocycles. The van der Waals surface area contributed by atoms with Crippen LogP contribution in [0.2, 0.25) is 0 Å². The number of hydrogen-bond donors (Lipinski definition) is 1. The van der Waals surface area contributed by atoms with E-state index < -0.39 is 0 Å². The van der Waals surface area contributed by atoms with E-state index in [0.29, 0.717) is 11.7 Å². The van der Waals surface area contributed by atoms with Crippen LogP contribution in [-0.2, 0) is 4.74 Å². The van der Waals surface area contributed by atoms with E-state index >= 15 is 0 Å². The molecule has 1 atom stereocenters. The van der Waals surface area contributed by atoms with Crippen molar-refractivity contribution in [1.29, 1.82) is 0 Å². The Labute approximate surface area is 98.3 Å². The van der Waals surface area contributed by atoms with E-state index in [1.165, 1.54) is 32.1 Å². The van der Waals surface area contributed by atoms with Crippen molar-refractivity contribution >= 4 is 12.6 Å². The van der Waals surface area contributed by atoms with Gasteiger partial charge in [-0.1, -0.05) is 44.6 Å². The Morgan fingerprint density at radius 2 is 2.00 bits per heavy atom. The van der Waals surface area contributed by atoms with Crippen molar-refractivity contribution in [3.8, 4) is 0 Å². The average Bonchev–Trinajstić information content (AvgIpc) is 2.27. The summed E-state index contributed by atoms with van der Waals surface area (Å²) in [5.74, 6) is 1.25. The number of allylic oxidation sites excluding steroid dienone is 3. The van der Waals surface area contributed by atoms with Gasteiger partial charge in [-0.15, -0.1) is 12.6 Å². The largest absolute Gasteiger partial charge is 0.480 e. The van der Waals surface area contributed by atoms with Crippen molar-refractivity contribution in [2.75, 3.05) is 0 Å². The van der Waals surface area contributed by atoms with Crippen LogP contribution >= 0.6 is 12.6 Å². The molecular weight excluding hydrogens is 204 g/mol. The van der Waals surface area contributed by atoms with Crippen LogP contribution in [0.25, 0.3) is 0 Å². The quantitative estimate of drug-likeness (QED) is 0.320. The van der Waals surface area contributed by atoms with E-state index in [9.17, 15) is 0 Å². The Morgan fingerprint density at radius 3 is 2.60 bits per heavy atom. The van der Waals surface area contributed by atoms with Crippen LogP contribution in [0.15, 0.2) is 37.1 Å². The highest BCUT2D eigenvalue weighted by molar-refractivity contribution is 7.80. The third-order valence-electron chi connectivity index (χ3n) is 2.74. The van der Waals surface area contributed by atoms with Gasteiger partial charge in [-0.2, -0.15) is 0 Å². The monoisotopic (exact) mass is 224 g/mol. The van der Waals surface area contributed by atoms with Crippen LogP contribution in [0.1, 0.15) is 32.1 Å². The van der Waals surface area contributed by atoms with E-state index in [2.05, 4.69) is 25.8 Å². The smallest absolute Gasteiger partial charge is 0.144 e. The first-order valence-electron chi connectivity index (χ1n) is 5.56. The van der Waals surface area contributed by atoms with Crippen molar-refractivity contribution < 1.29 is 4.74 Å². The molecule has 0 bridgehead atoms. The van der Waals surface area contributed by atoms with E-state index in [1.54, 1.807) is 6.08 Å². The summed E-state index contributed by atoms with van der Waals surface area (Å²) in [6, 6.07) is 0. The molecular formula is C13H20OS. The highest BCUT2D eigenvalue weighted by Gasteiger charge is 2.21. The minimum Gasteiger partial charge on any atom is -0.480 e. The van der Waals surface area contributed by atoms with Crippen LogP contribution in [0.4, 0.5) is 0 Å². The lowest BCUT2D eigenvalue weighted by Crippen LogP contribution is -2.20. The summed E-state index contributed by atoms with van der Waals surface area (Å²) in [5.41, 5.74) is -0.00716. The molecule has 1 aliphatic rings. The molecule has 15 heavy (non-hydrogen) atoms. The summed E-state index contributed by atoms with van der Waals surface area (Å²) < 4.78 is 5.63. The second-order valence-corrected chi connectivity index (χ2v) is 4.48. The molecule has 0 aromatic rings. The molecule has 0 radical (unpaired) electrons. The number of hydrogen-bond acceptors (Lipinski definition) is 2. The summed E-state index contributed by atoms with van der Waals surface area (Å²) in [6.07, 6.45) is 11.8. The lowest BCUT2D eigenvalue weighted by Gasteiger charge is -2.27. The fourth-order valence-corrected chi connectivity index (χ4v) is 2.32. The van der Waals surface area contributed by atoms with Gasteiger partial charge in [0.2, 0.25) is 0 Å². The van der Waals surface area contributed by atoms with Gasteiger partial charge in [0.1, 0.15) is 11.2 Å². The zero-order valence-electron chi connectivity index (χ0n) is 9.19. The van der Waals surface area contributed by atoms with E-state index in [-0.39, 0.29) is 5.44 Å². The van der Waals surface area contributed by atoms with Gasteiger partial charge >= 0.3 is 0 Å².